The predicted octanol–water partition coefficient (Wildman–Crippen LogP) is -6.10. The van der Waals surface area contributed by atoms with E-state index in [0.717, 1.165) is 0 Å². The van der Waals surface area contributed by atoms with Crippen molar-refractivity contribution in [3.63, 3.8) is 0 Å². The summed E-state index contributed by atoms with van der Waals surface area (Å²) >= 11 is 0. The Hall–Kier alpha value is -1.13. The number of carboxylic acids is 1. The Morgan fingerprint density at radius 3 is 2.33 bits per heavy atom. The Bertz CT molecular complexity index is 806. The van der Waals surface area contributed by atoms with Gasteiger partial charge in [-0.05, 0) is 0 Å². The Morgan fingerprint density at radius 1 is 1.08 bits per heavy atom. The Kier molecular flexibility index (Phi) is 11.0. The summed E-state index contributed by atoms with van der Waals surface area (Å²) in [6, 6.07) is -1.34. The number of carboxylic acid groups (broad SMARTS) is 1. The summed E-state index contributed by atoms with van der Waals surface area (Å²) in [5.41, 5.74) is 5.83. The molecule has 0 spiro atoms. The van der Waals surface area contributed by atoms with Crippen molar-refractivity contribution in [2.45, 2.75) is 105 Å². The van der Waals surface area contributed by atoms with Gasteiger partial charge in [-0.15, -0.1) is 0 Å². The van der Waals surface area contributed by atoms with E-state index in [2.05, 4.69) is 0 Å². The van der Waals surface area contributed by atoms with Crippen molar-refractivity contribution < 1.29 is 79.5 Å². The van der Waals surface area contributed by atoms with Gasteiger partial charge in [0.05, 0.1) is 50.3 Å². The number of nitrogens with two attached hydrogens (primary N) is 1. The van der Waals surface area contributed by atoms with Crippen LogP contribution in [0.3, 0.4) is 0 Å². The largest absolute Gasteiger partial charge is 0.477 e. The van der Waals surface area contributed by atoms with Gasteiger partial charge in [0, 0.05) is 18.8 Å². The molecule has 0 aromatic carbocycles. The van der Waals surface area contributed by atoms with Crippen molar-refractivity contribution in [1.29, 1.82) is 0 Å². The maximum atomic E-state index is 12.2. The van der Waals surface area contributed by atoms with Crippen molar-refractivity contribution in [3.05, 3.63) is 0 Å². The Morgan fingerprint density at radius 2 is 1.74 bits per heavy atom. The average Bonchev–Trinajstić information content (AvgIpc) is 2.90. The molecule has 3 aliphatic heterocycles. The number of aliphatic hydroxyl groups is 9. The first kappa shape index (κ1) is 32.4. The fourth-order valence-corrected chi connectivity index (χ4v) is 4.80. The van der Waals surface area contributed by atoms with Crippen LogP contribution in [0.2, 0.25) is 0 Å². The lowest BCUT2D eigenvalue weighted by Crippen LogP contribution is -2.66. The third kappa shape index (κ3) is 6.85. The minimum Gasteiger partial charge on any atom is -0.477 e. The molecule has 5 unspecified atom stereocenters. The molecule has 3 aliphatic rings. The topological polar surface area (TPSA) is 292 Å². The Balaban J connectivity index is 1.73. The summed E-state index contributed by atoms with van der Waals surface area (Å²) in [6.45, 7) is -0.712. The molecule has 0 radical (unpaired) electrons. The summed E-state index contributed by atoms with van der Waals surface area (Å²) < 4.78 is 27.4. The molecule has 39 heavy (non-hydrogen) atoms. The molecule has 0 amide bonds. The summed E-state index contributed by atoms with van der Waals surface area (Å²) in [7, 11) is 0. The van der Waals surface area contributed by atoms with Crippen molar-refractivity contribution in [1.82, 2.24) is 0 Å². The zero-order valence-corrected chi connectivity index (χ0v) is 21.1. The number of aliphatic carboxylic acids is 1. The maximum Gasteiger partial charge on any atom is 0.364 e. The maximum absolute atomic E-state index is 12.2. The third-order valence-electron chi connectivity index (χ3n) is 7.36. The van der Waals surface area contributed by atoms with Gasteiger partial charge in [0.2, 0.25) is 0 Å². The fourth-order valence-electron chi connectivity index (χ4n) is 4.80. The lowest BCUT2D eigenvalue weighted by atomic mass is 9.89. The first-order valence-corrected chi connectivity index (χ1v) is 12.5. The predicted molar refractivity (Wildman–Crippen MR) is 122 cm³/mol. The minimum absolute atomic E-state index is 0.268. The molecule has 0 aromatic heterocycles. The zero-order chi connectivity index (χ0) is 29.2. The van der Waals surface area contributed by atoms with Gasteiger partial charge in [0.25, 0.3) is 5.79 Å². The second-order valence-corrected chi connectivity index (χ2v) is 10.2. The number of hydrogen-bond donors (Lipinski definition) is 11. The van der Waals surface area contributed by atoms with Gasteiger partial charge < -0.3 is 80.5 Å². The van der Waals surface area contributed by atoms with E-state index in [4.69, 9.17) is 34.5 Å². The van der Waals surface area contributed by atoms with Crippen LogP contribution in [0.25, 0.3) is 0 Å². The van der Waals surface area contributed by atoms with Crippen LogP contribution in [0.1, 0.15) is 19.8 Å². The molecule has 0 saturated carbocycles. The van der Waals surface area contributed by atoms with Crippen molar-refractivity contribution in [3.8, 4) is 0 Å². The van der Waals surface area contributed by atoms with E-state index in [1.54, 1.807) is 0 Å². The molecule has 0 bridgehead atoms. The van der Waals surface area contributed by atoms with Crippen molar-refractivity contribution in [2.24, 2.45) is 11.7 Å². The molecular weight excluding hydrogens is 534 g/mol. The highest BCUT2D eigenvalue weighted by atomic mass is 16.7. The van der Waals surface area contributed by atoms with Gasteiger partial charge in [-0.2, -0.15) is 0 Å². The highest BCUT2D eigenvalue weighted by Crippen LogP contribution is 2.35. The lowest BCUT2D eigenvalue weighted by Gasteiger charge is -2.46. The van der Waals surface area contributed by atoms with Crippen LogP contribution in [0.15, 0.2) is 0 Å². The zero-order valence-electron chi connectivity index (χ0n) is 21.1. The average molecular weight is 574 g/mol. The van der Waals surface area contributed by atoms with E-state index in [1.165, 1.54) is 6.92 Å². The molecule has 15 atom stereocenters. The fraction of sp³-hybridized carbons (Fsp3) is 0.955. The summed E-state index contributed by atoms with van der Waals surface area (Å²) in [4.78, 5) is 12.2. The van der Waals surface area contributed by atoms with Gasteiger partial charge in [-0.3, -0.25) is 0 Å². The molecule has 17 heteroatoms. The van der Waals surface area contributed by atoms with Crippen LogP contribution in [-0.2, 0) is 28.5 Å². The van der Waals surface area contributed by atoms with Crippen LogP contribution in [0.4, 0.5) is 0 Å². The van der Waals surface area contributed by atoms with Crippen LogP contribution >= 0.6 is 0 Å². The standard InChI is InChI=1S/C22H39NO16/c1-7-14(29)17(12(5-25)37-19(7)32)38-20-16(31)9(26)2-8(36-20)6-35-22(21(33)34)3-10(27)13(23)18(39-22)15(30)11(28)4-24/h7-20,24-32H,2-6,23H2,1H3,(H,33,34)/t7-,8?,9?,10+,11+,12?,13+,14?,15+,16-,17+,18?,19+,20-,22+/m0/s1. The molecule has 17 nitrogen and oxygen atoms in total. The normalized spacial score (nSPS) is 46.9. The highest BCUT2D eigenvalue weighted by Gasteiger charge is 2.55. The van der Waals surface area contributed by atoms with Crippen molar-refractivity contribution in [2.75, 3.05) is 19.8 Å². The van der Waals surface area contributed by atoms with E-state index in [0.29, 0.717) is 0 Å². The van der Waals surface area contributed by atoms with E-state index in [-0.39, 0.29) is 6.42 Å². The van der Waals surface area contributed by atoms with E-state index >= 15 is 0 Å². The van der Waals surface area contributed by atoms with E-state index in [1.807, 2.05) is 0 Å². The second-order valence-electron chi connectivity index (χ2n) is 10.2. The van der Waals surface area contributed by atoms with E-state index in [9.17, 15) is 50.8 Å². The monoisotopic (exact) mass is 573 g/mol. The molecule has 0 aliphatic carbocycles. The first-order chi connectivity index (χ1) is 18.3. The quantitative estimate of drug-likeness (QED) is 0.116. The van der Waals surface area contributed by atoms with Gasteiger partial charge in [-0.25, -0.2) is 4.79 Å². The summed E-state index contributed by atoms with van der Waals surface area (Å²) in [5.74, 6) is -5.14. The van der Waals surface area contributed by atoms with Crippen LogP contribution in [-0.4, -0.2) is 162 Å². The van der Waals surface area contributed by atoms with Crippen LogP contribution in [0.5, 0.6) is 0 Å². The van der Waals surface area contributed by atoms with Gasteiger partial charge in [-0.1, -0.05) is 6.92 Å². The molecular formula is C22H39NO16. The van der Waals surface area contributed by atoms with Crippen molar-refractivity contribution >= 4 is 5.97 Å². The first-order valence-electron chi connectivity index (χ1n) is 12.5. The molecule has 3 saturated heterocycles. The molecule has 3 heterocycles. The molecule has 3 rings (SSSR count). The third-order valence-corrected chi connectivity index (χ3v) is 7.36. The van der Waals surface area contributed by atoms with Gasteiger partial charge in [0.15, 0.2) is 12.6 Å². The summed E-state index contributed by atoms with van der Waals surface area (Å²) in [6.07, 6.45) is -18.9. The summed E-state index contributed by atoms with van der Waals surface area (Å²) in [5, 5.41) is 100. The van der Waals surface area contributed by atoms with Crippen LogP contribution < -0.4 is 5.73 Å². The second kappa shape index (κ2) is 13.2. The Labute approximate surface area is 222 Å². The number of carbonyl (C=O) groups is 1. The highest BCUT2D eigenvalue weighted by molar-refractivity contribution is 5.76. The van der Waals surface area contributed by atoms with E-state index < -0.39 is 124 Å². The number of aliphatic hydroxyl groups excluding tert-OH is 9. The molecule has 0 aromatic rings. The van der Waals surface area contributed by atoms with Gasteiger partial charge >= 0.3 is 5.97 Å². The SMILES string of the molecule is C[C@H]1C(O)[C@H](O[C@@H]2OC(CO[C@]3(C(=O)O)C[C@@H](O)[C@@H](N)C([C@H](O)[C@H](O)CO)O3)CC(O)[C@@H]2O)C(CO)O[C@H]1O. The molecule has 12 N–H and O–H groups in total. The van der Waals surface area contributed by atoms with Gasteiger partial charge in [0.1, 0.15) is 36.6 Å². The molecule has 228 valence electrons. The number of rotatable bonds is 10. The smallest absolute Gasteiger partial charge is 0.364 e. The minimum atomic E-state index is -2.59. The molecule has 3 fully saturated rings. The lowest BCUT2D eigenvalue weighted by molar-refractivity contribution is -0.348. The number of ether oxygens (including phenoxy) is 5. The number of hydrogen-bond acceptors (Lipinski definition) is 16. The van der Waals surface area contributed by atoms with Crippen LogP contribution in [0, 0.1) is 5.92 Å².